The molecule has 9 nitrogen and oxygen atoms in total. The molecule has 2 atom stereocenters. The van der Waals surface area contributed by atoms with Crippen LogP contribution in [0.4, 0.5) is 5.95 Å². The number of hydrogen-bond acceptors (Lipinski definition) is 6. The van der Waals surface area contributed by atoms with Crippen LogP contribution in [0.25, 0.3) is 16.9 Å². The highest BCUT2D eigenvalue weighted by Crippen LogP contribution is 2.28. The number of rotatable bonds is 3. The third-order valence-corrected chi connectivity index (χ3v) is 5.44. The van der Waals surface area contributed by atoms with Crippen LogP contribution < -0.4 is 5.73 Å². The molecule has 0 spiro atoms. The number of nitrogens with zero attached hydrogens (tertiary/aromatic N) is 4. The minimum atomic E-state index is -0.630. The van der Waals surface area contributed by atoms with E-state index in [4.69, 9.17) is 15.6 Å². The molecule has 2 fully saturated rings. The number of aliphatic carboxylic acids is 1. The molecule has 1 amide bonds. The Hall–Kier alpha value is -3.46. The lowest BCUT2D eigenvalue weighted by atomic mass is 10.1. The lowest BCUT2D eigenvalue weighted by molar-refractivity contribution is -0.138. The molecule has 3 aromatic rings. The number of carbonyl (C=O) groups is 2. The number of benzene rings is 1. The molecule has 1 saturated heterocycles. The molecule has 2 unspecified atom stereocenters. The average Bonchev–Trinajstić information content (AvgIpc) is 3.54. The number of carboxylic acid groups (broad SMARTS) is 1. The summed E-state index contributed by atoms with van der Waals surface area (Å²) in [6.45, 7) is 5.21. The molecular weight excluding hydrogens is 410 g/mol. The van der Waals surface area contributed by atoms with E-state index in [1.165, 1.54) is 0 Å². The summed E-state index contributed by atoms with van der Waals surface area (Å²) >= 11 is 0. The Morgan fingerprint density at radius 2 is 1.72 bits per heavy atom. The topological polar surface area (TPSA) is 123 Å². The number of carbonyl (C=O) groups excluding carboxylic acids is 1. The van der Waals surface area contributed by atoms with Crippen molar-refractivity contribution in [3.63, 3.8) is 0 Å². The van der Waals surface area contributed by atoms with E-state index in [0.29, 0.717) is 24.3 Å². The number of aromatic nitrogens is 3. The van der Waals surface area contributed by atoms with Gasteiger partial charge in [0.05, 0.1) is 23.8 Å². The van der Waals surface area contributed by atoms with Crippen LogP contribution in [0, 0.1) is 5.92 Å². The minimum Gasteiger partial charge on any atom is -0.481 e. The molecule has 1 aliphatic heterocycles. The summed E-state index contributed by atoms with van der Waals surface area (Å²) < 4.78 is 7.41. The highest BCUT2D eigenvalue weighted by Gasteiger charge is 2.28. The molecular formula is C23H27N5O4. The predicted molar refractivity (Wildman–Crippen MR) is 119 cm³/mol. The Bertz CT molecular complexity index is 1110. The summed E-state index contributed by atoms with van der Waals surface area (Å²) in [5.74, 6) is -0.346. The number of fused-ring (bicyclic) bond motifs is 1. The maximum absolute atomic E-state index is 12.8. The molecule has 5 rings (SSSR count). The molecule has 9 heteroatoms. The van der Waals surface area contributed by atoms with Gasteiger partial charge in [0, 0.05) is 24.2 Å². The van der Waals surface area contributed by atoms with Crippen LogP contribution in [0.5, 0.6) is 0 Å². The monoisotopic (exact) mass is 437 g/mol. The summed E-state index contributed by atoms with van der Waals surface area (Å²) in [5, 5.41) is 12.3. The van der Waals surface area contributed by atoms with Crippen molar-refractivity contribution in [3.05, 3.63) is 48.0 Å². The van der Waals surface area contributed by atoms with Crippen LogP contribution in [-0.2, 0) is 9.53 Å². The van der Waals surface area contributed by atoms with Crippen molar-refractivity contribution < 1.29 is 19.4 Å². The number of carboxylic acids is 1. The normalized spacial score (nSPS) is 20.5. The van der Waals surface area contributed by atoms with Gasteiger partial charge >= 0.3 is 5.97 Å². The van der Waals surface area contributed by atoms with E-state index in [1.807, 2.05) is 61.2 Å². The van der Waals surface area contributed by atoms with Crippen LogP contribution >= 0.6 is 0 Å². The first-order chi connectivity index (χ1) is 15.3. The zero-order valence-corrected chi connectivity index (χ0v) is 18.1. The van der Waals surface area contributed by atoms with Crippen molar-refractivity contribution in [1.82, 2.24) is 19.5 Å². The van der Waals surface area contributed by atoms with Gasteiger partial charge in [0.15, 0.2) is 5.65 Å². The molecule has 1 aliphatic carbocycles. The van der Waals surface area contributed by atoms with Crippen LogP contribution in [0.2, 0.25) is 0 Å². The van der Waals surface area contributed by atoms with Crippen LogP contribution in [-0.4, -0.2) is 61.8 Å². The highest BCUT2D eigenvalue weighted by atomic mass is 16.5. The van der Waals surface area contributed by atoms with Crippen molar-refractivity contribution >= 4 is 23.5 Å². The molecule has 0 bridgehead atoms. The number of nitrogens with two attached hydrogens (primary N) is 1. The lowest BCUT2D eigenvalue weighted by Gasteiger charge is -2.35. The fourth-order valence-corrected chi connectivity index (χ4v) is 3.78. The highest BCUT2D eigenvalue weighted by molar-refractivity contribution is 5.94. The van der Waals surface area contributed by atoms with E-state index in [-0.39, 0.29) is 30.0 Å². The molecule has 1 aromatic carbocycles. The van der Waals surface area contributed by atoms with Gasteiger partial charge in [-0.05, 0) is 51.0 Å². The maximum atomic E-state index is 12.8. The number of hydrogen-bond donors (Lipinski definition) is 2. The van der Waals surface area contributed by atoms with E-state index in [2.05, 4.69) is 10.1 Å². The Morgan fingerprint density at radius 1 is 1.06 bits per heavy atom. The van der Waals surface area contributed by atoms with Gasteiger partial charge < -0.3 is 20.5 Å². The van der Waals surface area contributed by atoms with Crippen LogP contribution in [0.3, 0.4) is 0 Å². The number of ether oxygens (including phenoxy) is 1. The van der Waals surface area contributed by atoms with Gasteiger partial charge in [-0.25, -0.2) is 4.52 Å². The molecule has 2 aliphatic rings. The third-order valence-electron chi connectivity index (χ3n) is 5.44. The van der Waals surface area contributed by atoms with Crippen LogP contribution in [0.15, 0.2) is 42.5 Å². The second-order valence-electron chi connectivity index (χ2n) is 8.31. The summed E-state index contributed by atoms with van der Waals surface area (Å²) in [5.41, 5.74) is 8.88. The second-order valence-corrected chi connectivity index (χ2v) is 8.31. The molecule has 3 N–H and O–H groups in total. The van der Waals surface area contributed by atoms with E-state index in [0.717, 1.165) is 24.1 Å². The number of amides is 1. The van der Waals surface area contributed by atoms with E-state index in [1.54, 1.807) is 4.52 Å². The predicted octanol–water partition coefficient (Wildman–Crippen LogP) is 2.71. The molecule has 0 radical (unpaired) electrons. The second kappa shape index (κ2) is 8.96. The smallest absolute Gasteiger partial charge is 0.306 e. The summed E-state index contributed by atoms with van der Waals surface area (Å²) in [7, 11) is 0. The summed E-state index contributed by atoms with van der Waals surface area (Å²) in [6.07, 6.45) is 1.90. The first-order valence-electron chi connectivity index (χ1n) is 10.7. The van der Waals surface area contributed by atoms with Gasteiger partial charge in [-0.15, -0.1) is 5.10 Å². The van der Waals surface area contributed by atoms with Gasteiger partial charge in [-0.3, -0.25) is 9.59 Å². The van der Waals surface area contributed by atoms with Crippen molar-refractivity contribution in [2.45, 2.75) is 38.9 Å². The molecule has 3 heterocycles. The number of pyridine rings is 1. The Labute approximate surface area is 185 Å². The Morgan fingerprint density at radius 3 is 2.28 bits per heavy atom. The summed E-state index contributed by atoms with van der Waals surface area (Å²) in [4.78, 5) is 28.6. The fourth-order valence-electron chi connectivity index (χ4n) is 3.78. The standard InChI is InChI=1S/C19H21N5O2.C4H6O2/c1-12-10-23(11-13(2)26-12)18(25)15-8-6-14(7-9-15)16-4-3-5-17-21-19(20)22-24(16)17;5-4(6)3-1-2-3/h3-9,12-13H,10-11H2,1-2H3,(H2,20,22);3H,1-2H2,(H,5,6). The Balaban J connectivity index is 0.000000354. The zero-order valence-electron chi connectivity index (χ0n) is 18.1. The van der Waals surface area contributed by atoms with Crippen molar-refractivity contribution in [2.24, 2.45) is 5.92 Å². The minimum absolute atomic E-state index is 0.0185. The zero-order chi connectivity index (χ0) is 22.8. The SMILES string of the molecule is CC1CN(C(=O)c2ccc(-c3cccc4nc(N)nn34)cc2)CC(C)O1.O=C(O)C1CC1. The average molecular weight is 438 g/mol. The number of morpholine rings is 1. The van der Waals surface area contributed by atoms with E-state index in [9.17, 15) is 9.59 Å². The fraction of sp³-hybridized carbons (Fsp3) is 0.391. The van der Waals surface area contributed by atoms with Crippen molar-refractivity contribution in [3.8, 4) is 11.3 Å². The molecule has 2 aromatic heterocycles. The van der Waals surface area contributed by atoms with Gasteiger partial charge in [0.25, 0.3) is 5.91 Å². The molecule has 32 heavy (non-hydrogen) atoms. The lowest BCUT2D eigenvalue weighted by Crippen LogP contribution is -2.48. The number of anilines is 1. The van der Waals surface area contributed by atoms with Gasteiger partial charge in [0.2, 0.25) is 5.95 Å². The quantitative estimate of drug-likeness (QED) is 0.646. The van der Waals surface area contributed by atoms with Crippen molar-refractivity contribution in [1.29, 1.82) is 0 Å². The first-order valence-corrected chi connectivity index (χ1v) is 10.7. The van der Waals surface area contributed by atoms with Gasteiger partial charge in [0.1, 0.15) is 0 Å². The van der Waals surface area contributed by atoms with E-state index >= 15 is 0 Å². The largest absolute Gasteiger partial charge is 0.481 e. The number of nitrogen functional groups attached to an aromatic ring is 1. The summed E-state index contributed by atoms with van der Waals surface area (Å²) in [6, 6.07) is 13.3. The first kappa shape index (κ1) is 21.8. The Kier molecular flexibility index (Phi) is 6.09. The van der Waals surface area contributed by atoms with Gasteiger partial charge in [-0.2, -0.15) is 4.98 Å². The van der Waals surface area contributed by atoms with Crippen molar-refractivity contribution in [2.75, 3.05) is 18.8 Å². The maximum Gasteiger partial charge on any atom is 0.306 e. The molecule has 168 valence electrons. The van der Waals surface area contributed by atoms with Gasteiger partial charge in [-0.1, -0.05) is 18.2 Å². The molecule has 1 saturated carbocycles. The van der Waals surface area contributed by atoms with Crippen LogP contribution in [0.1, 0.15) is 37.0 Å². The van der Waals surface area contributed by atoms with E-state index < -0.39 is 5.97 Å². The third kappa shape index (κ3) is 4.88.